The molecule has 24 heavy (non-hydrogen) atoms. The van der Waals surface area contributed by atoms with Crippen molar-refractivity contribution >= 4 is 5.91 Å². The number of hydrogen-bond donors (Lipinski definition) is 1. The van der Waals surface area contributed by atoms with Gasteiger partial charge in [-0.3, -0.25) is 4.79 Å². The van der Waals surface area contributed by atoms with Gasteiger partial charge in [0.15, 0.2) is 6.61 Å². The topological polar surface area (TPSA) is 38.3 Å². The molecule has 1 amide bonds. The van der Waals surface area contributed by atoms with E-state index in [0.29, 0.717) is 5.75 Å². The van der Waals surface area contributed by atoms with Crippen molar-refractivity contribution in [3.8, 4) is 5.75 Å². The monoisotopic (exact) mass is 329 g/mol. The molecule has 0 aromatic heterocycles. The standard InChI is InChI=1S/C20H24FNO2/c1-14(15-5-9-17(21)10-6-15)22-19(23)13-24-18-11-7-16(8-12-18)20(2,3)4/h5-12,14H,13H2,1-4H3,(H,22,23)/t14-/m1/s1. The van der Waals surface area contributed by atoms with Crippen molar-refractivity contribution in [1.82, 2.24) is 5.32 Å². The Kier molecular flexibility index (Phi) is 5.60. The van der Waals surface area contributed by atoms with Gasteiger partial charge >= 0.3 is 0 Å². The first-order valence-electron chi connectivity index (χ1n) is 8.04. The summed E-state index contributed by atoms with van der Waals surface area (Å²) in [7, 11) is 0. The van der Waals surface area contributed by atoms with E-state index in [1.807, 2.05) is 31.2 Å². The molecule has 2 aromatic carbocycles. The molecule has 128 valence electrons. The summed E-state index contributed by atoms with van der Waals surface area (Å²) in [5.41, 5.74) is 2.14. The van der Waals surface area contributed by atoms with Gasteiger partial charge in [-0.25, -0.2) is 4.39 Å². The number of ether oxygens (including phenoxy) is 1. The van der Waals surface area contributed by atoms with E-state index >= 15 is 0 Å². The van der Waals surface area contributed by atoms with Gasteiger partial charge in [-0.15, -0.1) is 0 Å². The Balaban J connectivity index is 1.85. The summed E-state index contributed by atoms with van der Waals surface area (Å²) in [6.07, 6.45) is 0. The number of amides is 1. The number of rotatable bonds is 5. The molecule has 0 saturated carbocycles. The maximum atomic E-state index is 12.9. The first-order valence-corrected chi connectivity index (χ1v) is 8.04. The average molecular weight is 329 g/mol. The van der Waals surface area contributed by atoms with Crippen LogP contribution in [0.3, 0.4) is 0 Å². The molecule has 0 unspecified atom stereocenters. The third-order valence-electron chi connectivity index (χ3n) is 3.84. The molecule has 2 aromatic rings. The van der Waals surface area contributed by atoms with Gasteiger partial charge in [-0.1, -0.05) is 45.0 Å². The number of hydrogen-bond acceptors (Lipinski definition) is 2. The predicted molar refractivity (Wildman–Crippen MR) is 93.6 cm³/mol. The van der Waals surface area contributed by atoms with Crippen molar-refractivity contribution in [2.24, 2.45) is 0 Å². The zero-order chi connectivity index (χ0) is 17.7. The van der Waals surface area contributed by atoms with E-state index in [1.54, 1.807) is 12.1 Å². The lowest BCUT2D eigenvalue weighted by Gasteiger charge is -2.19. The maximum absolute atomic E-state index is 12.9. The summed E-state index contributed by atoms with van der Waals surface area (Å²) in [6.45, 7) is 8.23. The number of carbonyl (C=O) groups is 1. The van der Waals surface area contributed by atoms with E-state index in [4.69, 9.17) is 4.74 Å². The lowest BCUT2D eigenvalue weighted by molar-refractivity contribution is -0.123. The van der Waals surface area contributed by atoms with Gasteiger partial charge in [0.25, 0.3) is 5.91 Å². The molecule has 1 N–H and O–H groups in total. The summed E-state index contributed by atoms with van der Waals surface area (Å²) in [4.78, 5) is 12.0. The second-order valence-electron chi connectivity index (χ2n) is 6.90. The van der Waals surface area contributed by atoms with Crippen LogP contribution in [0.4, 0.5) is 4.39 Å². The van der Waals surface area contributed by atoms with Crippen LogP contribution >= 0.6 is 0 Å². The van der Waals surface area contributed by atoms with Crippen LogP contribution in [-0.4, -0.2) is 12.5 Å². The van der Waals surface area contributed by atoms with Crippen LogP contribution in [0, 0.1) is 5.82 Å². The van der Waals surface area contributed by atoms with Crippen LogP contribution in [-0.2, 0) is 10.2 Å². The Bertz CT molecular complexity index is 672. The molecule has 1 atom stereocenters. The van der Waals surface area contributed by atoms with Crippen LogP contribution in [0.25, 0.3) is 0 Å². The summed E-state index contributed by atoms with van der Waals surface area (Å²) in [5, 5.41) is 2.84. The number of carbonyl (C=O) groups excluding carboxylic acids is 1. The molecule has 0 aliphatic rings. The van der Waals surface area contributed by atoms with Gasteiger partial charge in [0.2, 0.25) is 0 Å². The molecular weight excluding hydrogens is 305 g/mol. The minimum atomic E-state index is -0.292. The second-order valence-corrected chi connectivity index (χ2v) is 6.90. The summed E-state index contributed by atoms with van der Waals surface area (Å²) in [6, 6.07) is 13.6. The zero-order valence-electron chi connectivity index (χ0n) is 14.6. The quantitative estimate of drug-likeness (QED) is 0.884. The largest absolute Gasteiger partial charge is 0.484 e. The van der Waals surface area contributed by atoms with Crippen molar-refractivity contribution in [2.75, 3.05) is 6.61 Å². The molecule has 0 heterocycles. The van der Waals surface area contributed by atoms with Crippen molar-refractivity contribution in [3.63, 3.8) is 0 Å². The van der Waals surface area contributed by atoms with Crippen LogP contribution < -0.4 is 10.1 Å². The highest BCUT2D eigenvalue weighted by molar-refractivity contribution is 5.78. The fourth-order valence-corrected chi connectivity index (χ4v) is 2.32. The predicted octanol–water partition coefficient (Wildman–Crippen LogP) is 4.38. The third kappa shape index (κ3) is 5.08. The Morgan fingerprint density at radius 3 is 2.21 bits per heavy atom. The molecule has 0 bridgehead atoms. The van der Waals surface area contributed by atoms with Gasteiger partial charge in [0, 0.05) is 0 Å². The molecule has 4 heteroatoms. The highest BCUT2D eigenvalue weighted by atomic mass is 19.1. The van der Waals surface area contributed by atoms with Crippen molar-refractivity contribution in [2.45, 2.75) is 39.2 Å². The van der Waals surface area contributed by atoms with E-state index in [0.717, 1.165) is 5.56 Å². The normalized spacial score (nSPS) is 12.5. The fraction of sp³-hybridized carbons (Fsp3) is 0.350. The number of benzene rings is 2. The summed E-state index contributed by atoms with van der Waals surface area (Å²) >= 11 is 0. The Morgan fingerprint density at radius 1 is 1.08 bits per heavy atom. The number of nitrogens with one attached hydrogen (secondary N) is 1. The molecule has 2 rings (SSSR count). The third-order valence-corrected chi connectivity index (χ3v) is 3.84. The van der Waals surface area contributed by atoms with Crippen molar-refractivity contribution in [3.05, 3.63) is 65.5 Å². The van der Waals surface area contributed by atoms with Crippen molar-refractivity contribution in [1.29, 1.82) is 0 Å². The molecule has 0 saturated heterocycles. The van der Waals surface area contributed by atoms with Gasteiger partial charge < -0.3 is 10.1 Å². The Morgan fingerprint density at radius 2 is 1.67 bits per heavy atom. The van der Waals surface area contributed by atoms with E-state index in [9.17, 15) is 9.18 Å². The average Bonchev–Trinajstić information content (AvgIpc) is 2.53. The van der Waals surface area contributed by atoms with E-state index in [2.05, 4.69) is 26.1 Å². The highest BCUT2D eigenvalue weighted by Crippen LogP contribution is 2.24. The maximum Gasteiger partial charge on any atom is 0.258 e. The first-order chi connectivity index (χ1) is 11.3. The Hall–Kier alpha value is -2.36. The van der Waals surface area contributed by atoms with Gasteiger partial charge in [0.1, 0.15) is 11.6 Å². The lowest BCUT2D eigenvalue weighted by atomic mass is 9.87. The van der Waals surface area contributed by atoms with Crippen LogP contribution in [0.2, 0.25) is 0 Å². The molecule has 0 radical (unpaired) electrons. The zero-order valence-corrected chi connectivity index (χ0v) is 14.6. The molecule has 0 aliphatic carbocycles. The van der Waals surface area contributed by atoms with E-state index < -0.39 is 0 Å². The van der Waals surface area contributed by atoms with Crippen LogP contribution in [0.15, 0.2) is 48.5 Å². The van der Waals surface area contributed by atoms with Crippen LogP contribution in [0.5, 0.6) is 5.75 Å². The minimum Gasteiger partial charge on any atom is -0.484 e. The first kappa shape index (κ1) is 18.0. The second kappa shape index (κ2) is 7.47. The SMILES string of the molecule is C[C@@H](NC(=O)COc1ccc(C(C)(C)C)cc1)c1ccc(F)cc1. The highest BCUT2D eigenvalue weighted by Gasteiger charge is 2.14. The Labute approximate surface area is 142 Å². The van der Waals surface area contributed by atoms with E-state index in [1.165, 1.54) is 17.7 Å². The molecule has 0 spiro atoms. The van der Waals surface area contributed by atoms with Gasteiger partial charge in [-0.05, 0) is 47.7 Å². The van der Waals surface area contributed by atoms with Gasteiger partial charge in [-0.2, -0.15) is 0 Å². The molecule has 3 nitrogen and oxygen atoms in total. The summed E-state index contributed by atoms with van der Waals surface area (Å²) < 4.78 is 18.4. The molecule has 0 aliphatic heterocycles. The molecular formula is C20H24FNO2. The van der Waals surface area contributed by atoms with Crippen LogP contribution in [0.1, 0.15) is 44.9 Å². The summed E-state index contributed by atoms with van der Waals surface area (Å²) in [5.74, 6) is 0.152. The smallest absolute Gasteiger partial charge is 0.258 e. The lowest BCUT2D eigenvalue weighted by Crippen LogP contribution is -2.31. The fourth-order valence-electron chi connectivity index (χ4n) is 2.32. The van der Waals surface area contributed by atoms with E-state index in [-0.39, 0.29) is 29.8 Å². The van der Waals surface area contributed by atoms with Gasteiger partial charge in [0.05, 0.1) is 6.04 Å². The van der Waals surface area contributed by atoms with Crippen molar-refractivity contribution < 1.29 is 13.9 Å². The molecule has 0 fully saturated rings. The minimum absolute atomic E-state index is 0.0552. The number of halogens is 1.